The number of rotatable bonds is 1. The number of hydrogen-bond acceptors (Lipinski definition) is 3. The van der Waals surface area contributed by atoms with E-state index in [4.69, 9.17) is 21.6 Å². The first-order valence-electron chi connectivity index (χ1n) is 5.31. The van der Waals surface area contributed by atoms with Crippen molar-refractivity contribution in [3.05, 3.63) is 28.0 Å². The molecule has 0 spiro atoms. The van der Waals surface area contributed by atoms with Crippen LogP contribution in [0.15, 0.2) is 6.07 Å². The number of fused-ring (bicyclic) bond motifs is 1. The lowest BCUT2D eigenvalue weighted by molar-refractivity contribution is -0.00154. The Morgan fingerprint density at radius 2 is 2.38 bits per heavy atom. The molecule has 0 N–H and O–H groups in total. The van der Waals surface area contributed by atoms with Crippen molar-refractivity contribution in [2.24, 2.45) is 5.92 Å². The zero-order valence-corrected chi connectivity index (χ0v) is 10.1. The van der Waals surface area contributed by atoms with Crippen LogP contribution in [0.5, 0.6) is 0 Å². The maximum absolute atomic E-state index is 8.84. The highest BCUT2D eigenvalue weighted by Crippen LogP contribution is 2.26. The first kappa shape index (κ1) is 11.4. The Morgan fingerprint density at radius 3 is 3.00 bits per heavy atom. The number of pyridine rings is 1. The Bertz CT molecular complexity index is 451. The maximum Gasteiger partial charge on any atom is 0.147 e. The summed E-state index contributed by atoms with van der Waals surface area (Å²) in [6, 6.07) is 3.81. The van der Waals surface area contributed by atoms with Gasteiger partial charge >= 0.3 is 0 Å². The molecular formula is C12H13ClN2O. The summed E-state index contributed by atoms with van der Waals surface area (Å²) < 4.78 is 5.71. The summed E-state index contributed by atoms with van der Waals surface area (Å²) in [5.41, 5.74) is 2.37. The van der Waals surface area contributed by atoms with Crippen molar-refractivity contribution in [1.82, 2.24) is 4.98 Å². The minimum Gasteiger partial charge on any atom is -0.373 e. The quantitative estimate of drug-likeness (QED) is 0.705. The number of hydrogen-bond donors (Lipinski definition) is 0. The number of aromatic nitrogens is 1. The summed E-state index contributed by atoms with van der Waals surface area (Å²) >= 11 is 5.91. The summed E-state index contributed by atoms with van der Waals surface area (Å²) in [6.45, 7) is 4.78. The Kier molecular flexibility index (Phi) is 3.13. The van der Waals surface area contributed by atoms with Gasteiger partial charge in [-0.05, 0) is 12.0 Å². The highest BCUT2D eigenvalue weighted by molar-refractivity contribution is 6.30. The van der Waals surface area contributed by atoms with Crippen molar-refractivity contribution in [3.8, 4) is 6.07 Å². The molecule has 2 rings (SSSR count). The molecular weight excluding hydrogens is 224 g/mol. The Hall–Kier alpha value is -1.11. The predicted octanol–water partition coefficient (Wildman–Crippen LogP) is 2.70. The number of ether oxygens (including phenoxy) is 1. The van der Waals surface area contributed by atoms with Gasteiger partial charge in [-0.3, -0.25) is 0 Å². The largest absolute Gasteiger partial charge is 0.373 e. The molecule has 1 aliphatic heterocycles. The van der Waals surface area contributed by atoms with Gasteiger partial charge in [0.2, 0.25) is 0 Å². The second-order valence-electron chi connectivity index (χ2n) is 4.34. The van der Waals surface area contributed by atoms with Crippen molar-refractivity contribution in [2.45, 2.75) is 33.0 Å². The molecule has 4 heteroatoms. The average Bonchev–Trinajstić information content (AvgIpc) is 2.27. The van der Waals surface area contributed by atoms with Crippen LogP contribution in [0.4, 0.5) is 0 Å². The molecule has 1 aromatic rings. The van der Waals surface area contributed by atoms with E-state index < -0.39 is 0 Å². The molecule has 1 aromatic heterocycles. The third-order valence-electron chi connectivity index (χ3n) is 2.86. The zero-order valence-electron chi connectivity index (χ0n) is 9.33. The molecule has 1 aliphatic rings. The van der Waals surface area contributed by atoms with E-state index in [1.165, 1.54) is 0 Å². The van der Waals surface area contributed by atoms with E-state index in [1.807, 2.05) is 6.07 Å². The van der Waals surface area contributed by atoms with Crippen LogP contribution < -0.4 is 0 Å². The lowest BCUT2D eigenvalue weighted by Crippen LogP contribution is -2.28. The van der Waals surface area contributed by atoms with Crippen molar-refractivity contribution in [1.29, 1.82) is 5.26 Å². The van der Waals surface area contributed by atoms with Gasteiger partial charge in [0.1, 0.15) is 11.2 Å². The standard InChI is InChI=1S/C12H13ClN2O/c1-7(2)11-4-10-9(6-16-11)3-8(5-14)12(13)15-10/h3,7,11H,4,6H2,1-2H3/t11-/m1/s1. The average molecular weight is 237 g/mol. The van der Waals surface area contributed by atoms with Crippen LogP contribution in [-0.4, -0.2) is 11.1 Å². The van der Waals surface area contributed by atoms with Crippen LogP contribution in [0.1, 0.15) is 30.7 Å². The van der Waals surface area contributed by atoms with Gasteiger partial charge in [-0.15, -0.1) is 0 Å². The first-order chi connectivity index (χ1) is 7.61. The van der Waals surface area contributed by atoms with E-state index >= 15 is 0 Å². The number of nitrogens with zero attached hydrogens (tertiary/aromatic N) is 2. The number of halogens is 1. The maximum atomic E-state index is 8.84. The van der Waals surface area contributed by atoms with Crippen molar-refractivity contribution < 1.29 is 4.74 Å². The molecule has 1 atom stereocenters. The Morgan fingerprint density at radius 1 is 1.62 bits per heavy atom. The van der Waals surface area contributed by atoms with Gasteiger partial charge in [0.05, 0.1) is 24.0 Å². The van der Waals surface area contributed by atoms with Gasteiger partial charge < -0.3 is 4.74 Å². The van der Waals surface area contributed by atoms with Crippen LogP contribution in [-0.2, 0) is 17.8 Å². The summed E-state index contributed by atoms with van der Waals surface area (Å²) in [5.74, 6) is 0.462. The van der Waals surface area contributed by atoms with Crippen molar-refractivity contribution >= 4 is 11.6 Å². The third-order valence-corrected chi connectivity index (χ3v) is 3.14. The van der Waals surface area contributed by atoms with Crippen LogP contribution in [0.2, 0.25) is 5.15 Å². The van der Waals surface area contributed by atoms with Gasteiger partial charge in [-0.2, -0.15) is 5.26 Å². The second kappa shape index (κ2) is 4.40. The summed E-state index contributed by atoms with van der Waals surface area (Å²) in [4.78, 5) is 4.28. The summed E-state index contributed by atoms with van der Waals surface area (Å²) in [7, 11) is 0. The molecule has 0 bridgehead atoms. The fraction of sp³-hybridized carbons (Fsp3) is 0.500. The monoisotopic (exact) mass is 236 g/mol. The van der Waals surface area contributed by atoms with E-state index in [0.717, 1.165) is 17.7 Å². The Balaban J connectivity index is 2.34. The van der Waals surface area contributed by atoms with Gasteiger partial charge in [0.15, 0.2) is 0 Å². The van der Waals surface area contributed by atoms with Crippen molar-refractivity contribution in [3.63, 3.8) is 0 Å². The summed E-state index contributed by atoms with van der Waals surface area (Å²) in [6.07, 6.45) is 0.974. The highest BCUT2D eigenvalue weighted by atomic mass is 35.5. The van der Waals surface area contributed by atoms with Crippen LogP contribution in [0, 0.1) is 17.2 Å². The fourth-order valence-corrected chi connectivity index (χ4v) is 2.02. The smallest absolute Gasteiger partial charge is 0.147 e. The minimum absolute atomic E-state index is 0.198. The third kappa shape index (κ3) is 2.04. The molecule has 2 heterocycles. The van der Waals surface area contributed by atoms with Crippen LogP contribution >= 0.6 is 11.6 Å². The van der Waals surface area contributed by atoms with Gasteiger partial charge in [-0.1, -0.05) is 25.4 Å². The predicted molar refractivity (Wildman–Crippen MR) is 61.1 cm³/mol. The molecule has 0 saturated heterocycles. The first-order valence-corrected chi connectivity index (χ1v) is 5.69. The van der Waals surface area contributed by atoms with E-state index in [9.17, 15) is 0 Å². The summed E-state index contributed by atoms with van der Waals surface area (Å²) in [5, 5.41) is 9.14. The fourth-order valence-electron chi connectivity index (χ4n) is 1.82. The molecule has 16 heavy (non-hydrogen) atoms. The minimum atomic E-state index is 0.198. The highest BCUT2D eigenvalue weighted by Gasteiger charge is 2.24. The van der Waals surface area contributed by atoms with Crippen molar-refractivity contribution in [2.75, 3.05) is 0 Å². The molecule has 0 aromatic carbocycles. The lowest BCUT2D eigenvalue weighted by atomic mass is 9.96. The van der Waals surface area contributed by atoms with Crippen LogP contribution in [0.3, 0.4) is 0 Å². The van der Waals surface area contributed by atoms with E-state index in [2.05, 4.69) is 18.8 Å². The molecule has 0 radical (unpaired) electrons. The molecule has 0 saturated carbocycles. The number of nitriles is 1. The van der Waals surface area contributed by atoms with Crippen LogP contribution in [0.25, 0.3) is 0 Å². The topological polar surface area (TPSA) is 45.9 Å². The Labute approximate surface area is 100 Å². The van der Waals surface area contributed by atoms with E-state index in [0.29, 0.717) is 23.2 Å². The molecule has 3 nitrogen and oxygen atoms in total. The zero-order chi connectivity index (χ0) is 11.7. The van der Waals surface area contributed by atoms with Gasteiger partial charge in [0.25, 0.3) is 0 Å². The SMILES string of the molecule is CC(C)[C@H]1Cc2nc(Cl)c(C#N)cc2CO1. The lowest BCUT2D eigenvalue weighted by Gasteiger charge is -2.27. The van der Waals surface area contributed by atoms with Gasteiger partial charge in [0, 0.05) is 12.0 Å². The molecule has 84 valence electrons. The second-order valence-corrected chi connectivity index (χ2v) is 4.70. The molecule has 0 amide bonds. The molecule has 0 unspecified atom stereocenters. The van der Waals surface area contributed by atoms with E-state index in [1.54, 1.807) is 6.07 Å². The van der Waals surface area contributed by atoms with Gasteiger partial charge in [-0.25, -0.2) is 4.98 Å². The molecule has 0 fully saturated rings. The molecule has 0 aliphatic carbocycles. The normalized spacial score (nSPS) is 19.3. The van der Waals surface area contributed by atoms with E-state index in [-0.39, 0.29) is 6.10 Å².